The van der Waals surface area contributed by atoms with Gasteiger partial charge in [0.25, 0.3) is 5.69 Å². The van der Waals surface area contributed by atoms with Gasteiger partial charge in [-0.1, -0.05) is 48.0 Å². The van der Waals surface area contributed by atoms with Crippen molar-refractivity contribution in [2.45, 2.75) is 13.5 Å². The van der Waals surface area contributed by atoms with Crippen molar-refractivity contribution >= 4 is 29.1 Å². The van der Waals surface area contributed by atoms with E-state index in [1.165, 1.54) is 24.3 Å². The second kappa shape index (κ2) is 10.9. The summed E-state index contributed by atoms with van der Waals surface area (Å²) < 4.78 is 11.5. The number of benzene rings is 3. The number of carbonyl (C=O) groups excluding carboxylic acids is 1. The number of hydrogen-bond acceptors (Lipinski definition) is 6. The lowest BCUT2D eigenvalue weighted by Crippen LogP contribution is -2.03. The summed E-state index contributed by atoms with van der Waals surface area (Å²) in [5.41, 5.74) is 1.03. The molecule has 0 saturated heterocycles. The predicted molar refractivity (Wildman–Crippen MR) is 124 cm³/mol. The van der Waals surface area contributed by atoms with Gasteiger partial charge in [0, 0.05) is 28.3 Å². The van der Waals surface area contributed by atoms with Crippen molar-refractivity contribution in [2.24, 2.45) is 0 Å². The van der Waals surface area contributed by atoms with Crippen molar-refractivity contribution in [3.63, 3.8) is 0 Å². The van der Waals surface area contributed by atoms with E-state index in [0.29, 0.717) is 28.7 Å². The van der Waals surface area contributed by atoms with Crippen LogP contribution in [0.5, 0.6) is 11.5 Å². The average Bonchev–Trinajstić information content (AvgIpc) is 2.82. The summed E-state index contributed by atoms with van der Waals surface area (Å²) in [6.45, 7) is 2.45. The molecule has 0 aliphatic carbocycles. The van der Waals surface area contributed by atoms with Gasteiger partial charge in [-0.15, -0.1) is 0 Å². The summed E-state index contributed by atoms with van der Waals surface area (Å²) in [4.78, 5) is 23.1. The summed E-state index contributed by atoms with van der Waals surface area (Å²) >= 11 is 6.18. The molecule has 0 spiro atoms. The van der Waals surface area contributed by atoms with Gasteiger partial charge in [0.2, 0.25) is 5.78 Å². The number of carbonyl (C=O) groups is 1. The van der Waals surface area contributed by atoms with E-state index in [0.717, 1.165) is 11.6 Å². The molecule has 7 nitrogen and oxygen atoms in total. The molecule has 0 fully saturated rings. The Morgan fingerprint density at radius 2 is 1.88 bits per heavy atom. The minimum atomic E-state index is -0.613. The molecule has 3 rings (SSSR count). The molecule has 3 aromatic rings. The van der Waals surface area contributed by atoms with Crippen LogP contribution >= 0.6 is 11.6 Å². The second-order valence-electron chi connectivity index (χ2n) is 6.83. The molecule has 0 atom stereocenters. The van der Waals surface area contributed by atoms with Crippen molar-refractivity contribution in [3.05, 3.63) is 104 Å². The third-order valence-corrected chi connectivity index (χ3v) is 4.97. The van der Waals surface area contributed by atoms with Gasteiger partial charge in [-0.3, -0.25) is 14.9 Å². The second-order valence-corrected chi connectivity index (χ2v) is 7.23. The Morgan fingerprint density at radius 3 is 2.58 bits per heavy atom. The van der Waals surface area contributed by atoms with E-state index in [-0.39, 0.29) is 23.4 Å². The lowest BCUT2D eigenvalue weighted by molar-refractivity contribution is -0.384. The monoisotopic (exact) mass is 462 g/mol. The van der Waals surface area contributed by atoms with Gasteiger partial charge >= 0.3 is 0 Å². The third kappa shape index (κ3) is 5.97. The van der Waals surface area contributed by atoms with Crippen LogP contribution in [0.4, 0.5) is 5.69 Å². The van der Waals surface area contributed by atoms with Gasteiger partial charge in [-0.05, 0) is 36.8 Å². The summed E-state index contributed by atoms with van der Waals surface area (Å²) in [6.07, 6.45) is 1.40. The molecule has 0 radical (unpaired) electrons. The van der Waals surface area contributed by atoms with Crippen LogP contribution in [-0.2, 0) is 6.61 Å². The minimum Gasteiger partial charge on any atom is -0.490 e. The SMILES string of the molecule is CCOc1cc(/C=C(\C#N)C(=O)c2cccc([N+](=O)[O-])c2)ccc1OCc1ccccc1Cl. The fourth-order valence-electron chi connectivity index (χ4n) is 3.00. The summed E-state index contributed by atoms with van der Waals surface area (Å²) in [7, 11) is 0. The molecular formula is C25H19ClN2O5. The first-order chi connectivity index (χ1) is 15.9. The Morgan fingerprint density at radius 1 is 1.09 bits per heavy atom. The molecule has 8 heteroatoms. The number of hydrogen-bond donors (Lipinski definition) is 0. The molecular weight excluding hydrogens is 444 g/mol. The van der Waals surface area contributed by atoms with E-state index in [2.05, 4.69) is 0 Å². The number of ether oxygens (including phenoxy) is 2. The molecule has 0 N–H and O–H groups in total. The van der Waals surface area contributed by atoms with E-state index in [1.807, 2.05) is 31.2 Å². The van der Waals surface area contributed by atoms with Gasteiger partial charge < -0.3 is 9.47 Å². The highest BCUT2D eigenvalue weighted by Gasteiger charge is 2.16. The summed E-state index contributed by atoms with van der Waals surface area (Å²) in [6, 6.07) is 19.5. The first-order valence-electron chi connectivity index (χ1n) is 9.97. The average molecular weight is 463 g/mol. The largest absolute Gasteiger partial charge is 0.490 e. The van der Waals surface area contributed by atoms with Crippen LogP contribution in [0, 0.1) is 21.4 Å². The molecule has 0 heterocycles. The van der Waals surface area contributed by atoms with Gasteiger partial charge in [-0.2, -0.15) is 5.26 Å². The molecule has 0 saturated carbocycles. The Kier molecular flexibility index (Phi) is 7.79. The third-order valence-electron chi connectivity index (χ3n) is 4.60. The first kappa shape index (κ1) is 23.5. The standard InChI is InChI=1S/C25H19ClN2O5/c1-2-32-24-13-17(10-11-23(24)33-16-19-6-3-4-9-22(19)26)12-20(15-27)25(29)18-7-5-8-21(14-18)28(30)31/h3-14H,2,16H2,1H3/b20-12+. The van der Waals surface area contributed by atoms with Crippen LogP contribution in [-0.4, -0.2) is 17.3 Å². The number of nitro groups is 1. The smallest absolute Gasteiger partial charge is 0.270 e. The Bertz CT molecular complexity index is 1260. The molecule has 0 bridgehead atoms. The highest BCUT2D eigenvalue weighted by Crippen LogP contribution is 2.31. The van der Waals surface area contributed by atoms with E-state index in [4.69, 9.17) is 21.1 Å². The van der Waals surface area contributed by atoms with E-state index >= 15 is 0 Å². The Hall–Kier alpha value is -4.15. The highest BCUT2D eigenvalue weighted by molar-refractivity contribution is 6.31. The fourth-order valence-corrected chi connectivity index (χ4v) is 3.19. The van der Waals surface area contributed by atoms with Gasteiger partial charge in [0.1, 0.15) is 18.2 Å². The number of allylic oxidation sites excluding steroid dienone is 1. The van der Waals surface area contributed by atoms with Crippen LogP contribution in [0.3, 0.4) is 0 Å². The molecule has 166 valence electrons. The molecule has 3 aromatic carbocycles. The zero-order valence-electron chi connectivity index (χ0n) is 17.7. The number of halogens is 1. The number of Topliss-reactive ketones (excluding diaryl/α,β-unsaturated/α-hetero) is 1. The van der Waals surface area contributed by atoms with Gasteiger partial charge in [0.05, 0.1) is 11.5 Å². The number of ketones is 1. The van der Waals surface area contributed by atoms with Crippen LogP contribution in [0.1, 0.15) is 28.4 Å². The lowest BCUT2D eigenvalue weighted by Gasteiger charge is -2.13. The molecule has 0 unspecified atom stereocenters. The van der Waals surface area contributed by atoms with Crippen molar-refractivity contribution < 1.29 is 19.2 Å². The summed E-state index contributed by atoms with van der Waals surface area (Å²) in [5.74, 6) is 0.314. The number of nitriles is 1. The lowest BCUT2D eigenvalue weighted by atomic mass is 10.0. The van der Waals surface area contributed by atoms with E-state index < -0.39 is 10.7 Å². The van der Waals surface area contributed by atoms with Gasteiger partial charge in [0.15, 0.2) is 11.5 Å². The number of nitrogens with zero attached hydrogens (tertiary/aromatic N) is 2. The van der Waals surface area contributed by atoms with Crippen LogP contribution in [0.25, 0.3) is 6.08 Å². The first-order valence-corrected chi connectivity index (χ1v) is 10.3. The Balaban J connectivity index is 1.87. The number of non-ortho nitro benzene ring substituents is 1. The zero-order valence-corrected chi connectivity index (χ0v) is 18.4. The molecule has 0 aliphatic heterocycles. The number of nitro benzene ring substituents is 1. The zero-order chi connectivity index (χ0) is 23.8. The summed E-state index contributed by atoms with van der Waals surface area (Å²) in [5, 5.41) is 21.1. The van der Waals surface area contributed by atoms with Crippen molar-refractivity contribution in [2.75, 3.05) is 6.61 Å². The highest BCUT2D eigenvalue weighted by atomic mass is 35.5. The fraction of sp³-hybridized carbons (Fsp3) is 0.120. The van der Waals surface area contributed by atoms with Crippen LogP contribution < -0.4 is 9.47 Å². The van der Waals surface area contributed by atoms with Crippen molar-refractivity contribution in [1.29, 1.82) is 5.26 Å². The molecule has 0 aromatic heterocycles. The minimum absolute atomic E-state index is 0.0572. The van der Waals surface area contributed by atoms with Crippen LogP contribution in [0.15, 0.2) is 72.3 Å². The Labute approximate surface area is 195 Å². The maximum absolute atomic E-state index is 12.7. The van der Waals surface area contributed by atoms with E-state index in [1.54, 1.807) is 24.3 Å². The van der Waals surface area contributed by atoms with E-state index in [9.17, 15) is 20.2 Å². The molecule has 0 aliphatic rings. The van der Waals surface area contributed by atoms with Crippen molar-refractivity contribution in [1.82, 2.24) is 0 Å². The molecule has 33 heavy (non-hydrogen) atoms. The normalized spacial score (nSPS) is 10.9. The predicted octanol–water partition coefficient (Wildman–Crippen LogP) is 6.02. The maximum atomic E-state index is 12.7. The maximum Gasteiger partial charge on any atom is 0.270 e. The molecule has 0 amide bonds. The topological polar surface area (TPSA) is 102 Å². The quantitative estimate of drug-likeness (QED) is 0.127. The number of rotatable bonds is 9. The van der Waals surface area contributed by atoms with Crippen molar-refractivity contribution in [3.8, 4) is 17.6 Å². The van der Waals surface area contributed by atoms with Gasteiger partial charge in [-0.25, -0.2) is 0 Å². The van der Waals surface area contributed by atoms with Crippen LogP contribution in [0.2, 0.25) is 5.02 Å².